The van der Waals surface area contributed by atoms with Crippen LogP contribution in [0.25, 0.3) is 10.9 Å². The van der Waals surface area contributed by atoms with E-state index in [9.17, 15) is 0 Å². The van der Waals surface area contributed by atoms with Crippen LogP contribution in [0.2, 0.25) is 5.02 Å². The summed E-state index contributed by atoms with van der Waals surface area (Å²) in [6, 6.07) is 13.5. The SMILES string of the molecule is COc1cccc(CNc2ccnc3cc(Cl)ccc23)c1OC. The fourth-order valence-electron chi connectivity index (χ4n) is 2.56. The molecule has 0 spiro atoms. The zero-order valence-corrected chi connectivity index (χ0v) is 13.7. The van der Waals surface area contributed by atoms with Crippen LogP contribution in [-0.2, 0) is 6.54 Å². The van der Waals surface area contributed by atoms with E-state index >= 15 is 0 Å². The van der Waals surface area contributed by atoms with Crippen LogP contribution >= 0.6 is 11.6 Å². The molecule has 23 heavy (non-hydrogen) atoms. The minimum atomic E-state index is 0.613. The molecule has 5 heteroatoms. The van der Waals surface area contributed by atoms with E-state index in [-0.39, 0.29) is 0 Å². The van der Waals surface area contributed by atoms with Crippen molar-refractivity contribution in [3.05, 3.63) is 59.2 Å². The van der Waals surface area contributed by atoms with Gasteiger partial charge in [0.1, 0.15) is 0 Å². The summed E-state index contributed by atoms with van der Waals surface area (Å²) in [6.07, 6.45) is 1.77. The zero-order chi connectivity index (χ0) is 16.2. The number of pyridine rings is 1. The molecule has 0 saturated carbocycles. The van der Waals surface area contributed by atoms with Gasteiger partial charge in [-0.3, -0.25) is 4.98 Å². The number of hydrogen-bond donors (Lipinski definition) is 1. The van der Waals surface area contributed by atoms with Crippen molar-refractivity contribution in [2.75, 3.05) is 19.5 Å². The maximum atomic E-state index is 6.03. The van der Waals surface area contributed by atoms with E-state index in [0.29, 0.717) is 11.6 Å². The lowest BCUT2D eigenvalue weighted by Crippen LogP contribution is -2.03. The predicted octanol–water partition coefficient (Wildman–Crippen LogP) is 4.52. The molecule has 0 radical (unpaired) electrons. The summed E-state index contributed by atoms with van der Waals surface area (Å²) in [5.41, 5.74) is 2.88. The fraction of sp³-hybridized carbons (Fsp3) is 0.167. The highest BCUT2D eigenvalue weighted by atomic mass is 35.5. The molecule has 0 unspecified atom stereocenters. The first-order valence-corrected chi connectivity index (χ1v) is 7.58. The van der Waals surface area contributed by atoms with E-state index in [0.717, 1.165) is 33.7 Å². The minimum absolute atomic E-state index is 0.613. The molecule has 118 valence electrons. The number of nitrogens with one attached hydrogen (secondary N) is 1. The van der Waals surface area contributed by atoms with Gasteiger partial charge in [0.25, 0.3) is 0 Å². The van der Waals surface area contributed by atoms with Crippen molar-refractivity contribution < 1.29 is 9.47 Å². The lowest BCUT2D eigenvalue weighted by Gasteiger charge is -2.14. The van der Waals surface area contributed by atoms with Gasteiger partial charge >= 0.3 is 0 Å². The van der Waals surface area contributed by atoms with Crippen LogP contribution in [0, 0.1) is 0 Å². The summed E-state index contributed by atoms with van der Waals surface area (Å²) < 4.78 is 10.8. The molecular formula is C18H17ClN2O2. The van der Waals surface area contributed by atoms with Crippen molar-refractivity contribution in [3.63, 3.8) is 0 Å². The smallest absolute Gasteiger partial charge is 0.165 e. The number of ether oxygens (including phenoxy) is 2. The molecule has 2 aromatic carbocycles. The van der Waals surface area contributed by atoms with Gasteiger partial charge in [-0.05, 0) is 30.3 Å². The van der Waals surface area contributed by atoms with Crippen molar-refractivity contribution >= 4 is 28.2 Å². The normalized spacial score (nSPS) is 10.6. The Balaban J connectivity index is 1.90. The van der Waals surface area contributed by atoms with Crippen molar-refractivity contribution in [2.24, 2.45) is 0 Å². The monoisotopic (exact) mass is 328 g/mol. The zero-order valence-electron chi connectivity index (χ0n) is 13.0. The lowest BCUT2D eigenvalue weighted by atomic mass is 10.1. The molecule has 1 aromatic heterocycles. The molecule has 0 aliphatic heterocycles. The van der Waals surface area contributed by atoms with Gasteiger partial charge in [-0.1, -0.05) is 23.7 Å². The number of benzene rings is 2. The van der Waals surface area contributed by atoms with Gasteiger partial charge in [0.15, 0.2) is 11.5 Å². The molecular weight excluding hydrogens is 312 g/mol. The van der Waals surface area contributed by atoms with E-state index in [1.807, 2.05) is 42.5 Å². The quantitative estimate of drug-likeness (QED) is 0.748. The van der Waals surface area contributed by atoms with Crippen molar-refractivity contribution in [1.29, 1.82) is 0 Å². The summed E-state index contributed by atoms with van der Waals surface area (Å²) in [5, 5.41) is 5.13. The Morgan fingerprint density at radius 1 is 1.09 bits per heavy atom. The number of anilines is 1. The number of fused-ring (bicyclic) bond motifs is 1. The number of hydrogen-bond acceptors (Lipinski definition) is 4. The van der Waals surface area contributed by atoms with Crippen LogP contribution < -0.4 is 14.8 Å². The molecule has 4 nitrogen and oxygen atoms in total. The van der Waals surface area contributed by atoms with Gasteiger partial charge in [0, 0.05) is 34.4 Å². The summed E-state index contributed by atoms with van der Waals surface area (Å²) >= 11 is 6.03. The molecule has 0 aliphatic rings. The third kappa shape index (κ3) is 3.17. The second-order valence-corrected chi connectivity index (χ2v) is 5.46. The lowest BCUT2D eigenvalue weighted by molar-refractivity contribution is 0.352. The Kier molecular flexibility index (Phi) is 4.53. The number of methoxy groups -OCH3 is 2. The molecule has 0 aliphatic carbocycles. The highest BCUT2D eigenvalue weighted by Crippen LogP contribution is 2.32. The van der Waals surface area contributed by atoms with Crippen molar-refractivity contribution in [2.45, 2.75) is 6.54 Å². The Labute approximate surface area is 140 Å². The van der Waals surface area contributed by atoms with Gasteiger partial charge in [-0.2, -0.15) is 0 Å². The van der Waals surface area contributed by atoms with E-state index in [1.54, 1.807) is 20.4 Å². The van der Waals surface area contributed by atoms with Gasteiger partial charge in [-0.15, -0.1) is 0 Å². The number of halogens is 1. The first kappa shape index (κ1) is 15.4. The largest absolute Gasteiger partial charge is 0.493 e. The Bertz CT molecular complexity index is 836. The first-order valence-electron chi connectivity index (χ1n) is 7.21. The Morgan fingerprint density at radius 2 is 1.96 bits per heavy atom. The van der Waals surface area contributed by atoms with E-state index < -0.39 is 0 Å². The fourth-order valence-corrected chi connectivity index (χ4v) is 2.73. The summed E-state index contributed by atoms with van der Waals surface area (Å²) in [6.45, 7) is 0.613. The van der Waals surface area contributed by atoms with Gasteiger partial charge in [-0.25, -0.2) is 0 Å². The average Bonchev–Trinajstić information content (AvgIpc) is 2.58. The first-order chi connectivity index (χ1) is 11.2. The molecule has 3 rings (SSSR count). The van der Waals surface area contributed by atoms with Crippen LogP contribution in [0.4, 0.5) is 5.69 Å². The number of nitrogens with zero attached hydrogens (tertiary/aromatic N) is 1. The standard InChI is InChI=1S/C18H17ClN2O2/c1-22-17-5-3-4-12(18(17)23-2)11-21-15-8-9-20-16-10-13(19)6-7-14(15)16/h3-10H,11H2,1-2H3,(H,20,21). The average molecular weight is 329 g/mol. The molecule has 3 aromatic rings. The van der Waals surface area contributed by atoms with Crippen molar-refractivity contribution in [3.8, 4) is 11.5 Å². The highest BCUT2D eigenvalue weighted by molar-refractivity contribution is 6.31. The molecule has 0 saturated heterocycles. The highest BCUT2D eigenvalue weighted by Gasteiger charge is 2.10. The maximum Gasteiger partial charge on any atom is 0.165 e. The number of para-hydroxylation sites is 1. The van der Waals surface area contributed by atoms with Crippen LogP contribution in [0.5, 0.6) is 11.5 Å². The van der Waals surface area contributed by atoms with Crippen molar-refractivity contribution in [1.82, 2.24) is 4.98 Å². The summed E-state index contributed by atoms with van der Waals surface area (Å²) in [7, 11) is 3.28. The van der Waals surface area contributed by atoms with Gasteiger partial charge < -0.3 is 14.8 Å². The molecule has 0 amide bonds. The Hall–Kier alpha value is -2.46. The Morgan fingerprint density at radius 3 is 2.74 bits per heavy atom. The van der Waals surface area contributed by atoms with E-state index in [2.05, 4.69) is 10.3 Å². The van der Waals surface area contributed by atoms with E-state index in [4.69, 9.17) is 21.1 Å². The van der Waals surface area contributed by atoms with Gasteiger partial charge in [0.05, 0.1) is 19.7 Å². The third-order valence-electron chi connectivity index (χ3n) is 3.66. The second kappa shape index (κ2) is 6.75. The van der Waals surface area contributed by atoms with Crippen LogP contribution in [0.15, 0.2) is 48.7 Å². The molecule has 1 heterocycles. The van der Waals surface area contributed by atoms with E-state index in [1.165, 1.54) is 0 Å². The third-order valence-corrected chi connectivity index (χ3v) is 3.89. The number of aromatic nitrogens is 1. The summed E-state index contributed by atoms with van der Waals surface area (Å²) in [5.74, 6) is 1.46. The predicted molar refractivity (Wildman–Crippen MR) is 93.6 cm³/mol. The molecule has 0 fully saturated rings. The van der Waals surface area contributed by atoms with Gasteiger partial charge in [0.2, 0.25) is 0 Å². The van der Waals surface area contributed by atoms with Crippen LogP contribution in [0.1, 0.15) is 5.56 Å². The maximum absolute atomic E-state index is 6.03. The molecule has 0 atom stereocenters. The van der Waals surface area contributed by atoms with Crippen LogP contribution in [0.3, 0.4) is 0 Å². The minimum Gasteiger partial charge on any atom is -0.493 e. The van der Waals surface area contributed by atoms with Crippen LogP contribution in [-0.4, -0.2) is 19.2 Å². The second-order valence-electron chi connectivity index (χ2n) is 5.03. The topological polar surface area (TPSA) is 43.4 Å². The summed E-state index contributed by atoms with van der Waals surface area (Å²) in [4.78, 5) is 4.35. The molecule has 0 bridgehead atoms. The number of rotatable bonds is 5. The molecule has 1 N–H and O–H groups in total.